The normalized spacial score (nSPS) is 21.7. The van der Waals surface area contributed by atoms with E-state index in [0.29, 0.717) is 23.7 Å². The Labute approximate surface area is 122 Å². The van der Waals surface area contributed by atoms with Crippen LogP contribution in [0.4, 0.5) is 5.00 Å². The molecule has 1 aromatic rings. The van der Waals surface area contributed by atoms with Gasteiger partial charge in [-0.05, 0) is 37.8 Å². The van der Waals surface area contributed by atoms with E-state index in [2.05, 4.69) is 10.6 Å². The van der Waals surface area contributed by atoms with Crippen molar-refractivity contribution in [2.45, 2.75) is 26.7 Å². The Morgan fingerprint density at radius 3 is 2.90 bits per heavy atom. The number of carbonyl (C=O) groups is 2. The van der Waals surface area contributed by atoms with Gasteiger partial charge in [-0.1, -0.05) is 6.92 Å². The number of carbonyl (C=O) groups excluding carboxylic acids is 2. The maximum atomic E-state index is 12.5. The monoisotopic (exact) mass is 296 g/mol. The summed E-state index contributed by atoms with van der Waals surface area (Å²) >= 11 is 1.35. The molecule has 2 heterocycles. The highest BCUT2D eigenvalue weighted by molar-refractivity contribution is 7.14. The molecule has 2 N–H and O–H groups in total. The van der Waals surface area contributed by atoms with Gasteiger partial charge in [0.15, 0.2) is 0 Å². The summed E-state index contributed by atoms with van der Waals surface area (Å²) < 4.78 is 4.99. The third-order valence-corrected chi connectivity index (χ3v) is 4.62. The minimum absolute atomic E-state index is 0.0157. The van der Waals surface area contributed by atoms with E-state index in [0.717, 1.165) is 19.4 Å². The zero-order valence-corrected chi connectivity index (χ0v) is 12.6. The second-order valence-electron chi connectivity index (χ2n) is 4.90. The average Bonchev–Trinajstić information content (AvgIpc) is 3.08. The molecular weight excluding hydrogens is 276 g/mol. The van der Waals surface area contributed by atoms with Gasteiger partial charge in [0.25, 0.3) is 0 Å². The standard InChI is InChI=1S/C14H20N2O3S/c1-3-14(6-7-15-9-14)13(18)16-11-10(5-8-20-11)12(17)19-4-2/h5,8,15H,3-4,6-7,9H2,1-2H3,(H,16,18). The van der Waals surface area contributed by atoms with Gasteiger partial charge in [0, 0.05) is 6.54 Å². The van der Waals surface area contributed by atoms with Gasteiger partial charge in [0.2, 0.25) is 5.91 Å². The molecule has 0 radical (unpaired) electrons. The van der Waals surface area contributed by atoms with E-state index in [9.17, 15) is 9.59 Å². The molecule has 0 aliphatic carbocycles. The fourth-order valence-corrected chi connectivity index (χ4v) is 3.18. The van der Waals surface area contributed by atoms with Gasteiger partial charge in [0.1, 0.15) is 5.00 Å². The van der Waals surface area contributed by atoms with Gasteiger partial charge < -0.3 is 15.4 Å². The first kappa shape index (κ1) is 15.0. The first-order chi connectivity index (χ1) is 9.63. The van der Waals surface area contributed by atoms with Crippen LogP contribution in [0.3, 0.4) is 0 Å². The Kier molecular flexibility index (Phi) is 4.77. The molecule has 0 saturated carbocycles. The molecule has 2 rings (SSSR count). The van der Waals surface area contributed by atoms with Crippen molar-refractivity contribution in [3.05, 3.63) is 17.0 Å². The third-order valence-electron chi connectivity index (χ3n) is 3.79. The Hall–Kier alpha value is -1.40. The smallest absolute Gasteiger partial charge is 0.341 e. The Bertz CT molecular complexity index is 492. The predicted octanol–water partition coefficient (Wildman–Crippen LogP) is 2.25. The van der Waals surface area contributed by atoms with Crippen molar-refractivity contribution < 1.29 is 14.3 Å². The van der Waals surface area contributed by atoms with Gasteiger partial charge in [0.05, 0.1) is 17.6 Å². The minimum Gasteiger partial charge on any atom is -0.462 e. The van der Waals surface area contributed by atoms with Crippen molar-refractivity contribution in [1.82, 2.24) is 5.32 Å². The van der Waals surface area contributed by atoms with Crippen LogP contribution in [0.2, 0.25) is 0 Å². The summed E-state index contributed by atoms with van der Waals surface area (Å²) in [4.78, 5) is 24.3. The summed E-state index contributed by atoms with van der Waals surface area (Å²) in [6.45, 7) is 5.66. The molecule has 0 spiro atoms. The molecular formula is C14H20N2O3S. The number of anilines is 1. The maximum Gasteiger partial charge on any atom is 0.341 e. The molecule has 1 aliphatic rings. The molecule has 20 heavy (non-hydrogen) atoms. The molecule has 110 valence electrons. The van der Waals surface area contributed by atoms with Crippen LogP contribution in [-0.4, -0.2) is 31.6 Å². The number of rotatable bonds is 5. The topological polar surface area (TPSA) is 67.4 Å². The highest BCUT2D eigenvalue weighted by Gasteiger charge is 2.39. The minimum atomic E-state index is -0.390. The van der Waals surface area contributed by atoms with Crippen LogP contribution in [0, 0.1) is 5.41 Å². The summed E-state index contributed by atoms with van der Waals surface area (Å²) in [6, 6.07) is 1.68. The van der Waals surface area contributed by atoms with Gasteiger partial charge in [-0.2, -0.15) is 0 Å². The van der Waals surface area contributed by atoms with Crippen LogP contribution >= 0.6 is 11.3 Å². The third kappa shape index (κ3) is 2.86. The van der Waals surface area contributed by atoms with Crippen molar-refractivity contribution in [2.75, 3.05) is 25.0 Å². The lowest BCUT2D eigenvalue weighted by atomic mass is 9.83. The first-order valence-corrected chi connectivity index (χ1v) is 7.77. The van der Waals surface area contributed by atoms with Crippen molar-refractivity contribution in [1.29, 1.82) is 0 Å². The van der Waals surface area contributed by atoms with Crippen LogP contribution < -0.4 is 10.6 Å². The van der Waals surface area contributed by atoms with E-state index in [1.54, 1.807) is 18.4 Å². The molecule has 1 aliphatic heterocycles. The zero-order chi connectivity index (χ0) is 14.6. The maximum absolute atomic E-state index is 12.5. The van der Waals surface area contributed by atoms with E-state index in [1.807, 2.05) is 6.92 Å². The highest BCUT2D eigenvalue weighted by Crippen LogP contribution is 2.33. The highest BCUT2D eigenvalue weighted by atomic mass is 32.1. The lowest BCUT2D eigenvalue weighted by Crippen LogP contribution is -2.37. The van der Waals surface area contributed by atoms with E-state index in [1.165, 1.54) is 11.3 Å². The van der Waals surface area contributed by atoms with Crippen LogP contribution in [0.15, 0.2) is 11.4 Å². The zero-order valence-electron chi connectivity index (χ0n) is 11.8. The number of amides is 1. The first-order valence-electron chi connectivity index (χ1n) is 6.89. The second-order valence-corrected chi connectivity index (χ2v) is 5.81. The summed E-state index contributed by atoms with van der Waals surface area (Å²) in [5.74, 6) is -0.405. The molecule has 5 nitrogen and oxygen atoms in total. The molecule has 1 unspecified atom stereocenters. The van der Waals surface area contributed by atoms with Gasteiger partial charge in [-0.15, -0.1) is 11.3 Å². The Balaban J connectivity index is 2.12. The fraction of sp³-hybridized carbons (Fsp3) is 0.571. The van der Waals surface area contributed by atoms with Crippen LogP contribution in [0.5, 0.6) is 0 Å². The molecule has 0 bridgehead atoms. The van der Waals surface area contributed by atoms with E-state index in [-0.39, 0.29) is 17.3 Å². The summed E-state index contributed by atoms with van der Waals surface area (Å²) in [5.41, 5.74) is 0.0676. The van der Waals surface area contributed by atoms with Crippen LogP contribution in [-0.2, 0) is 9.53 Å². The van der Waals surface area contributed by atoms with Crippen LogP contribution in [0.25, 0.3) is 0 Å². The number of thiophene rings is 1. The summed E-state index contributed by atoms with van der Waals surface area (Å²) in [5, 5.41) is 8.50. The average molecular weight is 296 g/mol. The van der Waals surface area contributed by atoms with E-state index >= 15 is 0 Å². The molecule has 1 atom stereocenters. The molecule has 1 saturated heterocycles. The second kappa shape index (κ2) is 6.37. The Morgan fingerprint density at radius 2 is 2.30 bits per heavy atom. The molecule has 6 heteroatoms. The molecule has 1 amide bonds. The van der Waals surface area contributed by atoms with Crippen molar-refractivity contribution in [2.24, 2.45) is 5.41 Å². The lowest BCUT2D eigenvalue weighted by Gasteiger charge is -2.25. The number of ether oxygens (including phenoxy) is 1. The summed E-state index contributed by atoms with van der Waals surface area (Å²) in [7, 11) is 0. The SMILES string of the molecule is CCOC(=O)c1ccsc1NC(=O)C1(CC)CCNC1. The van der Waals surface area contributed by atoms with Gasteiger partial charge in [-0.3, -0.25) is 4.79 Å². The van der Waals surface area contributed by atoms with Crippen LogP contribution in [0.1, 0.15) is 37.0 Å². The van der Waals surface area contributed by atoms with Gasteiger partial charge in [-0.25, -0.2) is 4.79 Å². The number of hydrogen-bond acceptors (Lipinski definition) is 5. The number of hydrogen-bond donors (Lipinski definition) is 2. The van der Waals surface area contributed by atoms with Gasteiger partial charge >= 0.3 is 5.97 Å². The largest absolute Gasteiger partial charge is 0.462 e. The van der Waals surface area contributed by atoms with Crippen molar-refractivity contribution >= 4 is 28.2 Å². The van der Waals surface area contributed by atoms with E-state index < -0.39 is 0 Å². The summed E-state index contributed by atoms with van der Waals surface area (Å²) in [6.07, 6.45) is 1.61. The molecule has 1 fully saturated rings. The van der Waals surface area contributed by atoms with Crippen molar-refractivity contribution in [3.8, 4) is 0 Å². The molecule has 1 aromatic heterocycles. The number of nitrogens with one attached hydrogen (secondary N) is 2. The number of esters is 1. The Morgan fingerprint density at radius 1 is 1.50 bits per heavy atom. The predicted molar refractivity (Wildman–Crippen MR) is 79.1 cm³/mol. The molecule has 0 aromatic carbocycles. The van der Waals surface area contributed by atoms with E-state index in [4.69, 9.17) is 4.74 Å². The quantitative estimate of drug-likeness (QED) is 0.818. The lowest BCUT2D eigenvalue weighted by molar-refractivity contribution is -0.124. The van der Waals surface area contributed by atoms with Crippen molar-refractivity contribution in [3.63, 3.8) is 0 Å². The fourth-order valence-electron chi connectivity index (χ4n) is 2.41.